The van der Waals surface area contributed by atoms with Crippen LogP contribution in [0.25, 0.3) is 0 Å². The lowest BCUT2D eigenvalue weighted by atomic mass is 10.0. The molecule has 1 saturated heterocycles. The first kappa shape index (κ1) is 10.4. The quantitative estimate of drug-likeness (QED) is 0.818. The van der Waals surface area contributed by atoms with Crippen LogP contribution in [-0.4, -0.2) is 29.7 Å². The van der Waals surface area contributed by atoms with E-state index in [4.69, 9.17) is 4.74 Å². The molecule has 1 fully saturated rings. The van der Waals surface area contributed by atoms with E-state index in [0.717, 1.165) is 31.3 Å². The summed E-state index contributed by atoms with van der Waals surface area (Å²) in [4.78, 5) is 8.43. The van der Waals surface area contributed by atoms with Crippen molar-refractivity contribution in [2.45, 2.75) is 19.8 Å². The molecular formula is C11H17N3O. The Morgan fingerprint density at radius 3 is 3.07 bits per heavy atom. The predicted molar refractivity (Wildman–Crippen MR) is 58.8 cm³/mol. The molecule has 0 aromatic carbocycles. The minimum Gasteiger partial charge on any atom is -0.381 e. The maximum atomic E-state index is 5.42. The molecule has 0 radical (unpaired) electrons. The Kier molecular flexibility index (Phi) is 3.50. The highest BCUT2D eigenvalue weighted by Crippen LogP contribution is 2.14. The van der Waals surface area contributed by atoms with Gasteiger partial charge in [-0.3, -0.25) is 4.98 Å². The zero-order valence-electron chi connectivity index (χ0n) is 9.07. The number of anilines is 1. The van der Waals surface area contributed by atoms with Gasteiger partial charge in [0.15, 0.2) is 0 Å². The van der Waals surface area contributed by atoms with Gasteiger partial charge in [-0.1, -0.05) is 0 Å². The zero-order valence-corrected chi connectivity index (χ0v) is 9.07. The van der Waals surface area contributed by atoms with Crippen LogP contribution in [0.15, 0.2) is 12.4 Å². The standard InChI is InChI=1S/C11H17N3O/c1-9-11(13-5-4-12-9)14-7-10-3-2-6-15-8-10/h4-5,10H,2-3,6-8H2,1H3,(H,13,14). The highest BCUT2D eigenvalue weighted by atomic mass is 16.5. The van der Waals surface area contributed by atoms with E-state index in [1.165, 1.54) is 12.8 Å². The lowest BCUT2D eigenvalue weighted by Crippen LogP contribution is -2.24. The monoisotopic (exact) mass is 207 g/mol. The highest BCUT2D eigenvalue weighted by molar-refractivity contribution is 5.38. The number of hydrogen-bond acceptors (Lipinski definition) is 4. The lowest BCUT2D eigenvalue weighted by molar-refractivity contribution is 0.0594. The fourth-order valence-corrected chi connectivity index (χ4v) is 1.79. The molecule has 0 amide bonds. The van der Waals surface area contributed by atoms with Crippen molar-refractivity contribution in [1.82, 2.24) is 9.97 Å². The van der Waals surface area contributed by atoms with Gasteiger partial charge in [-0.2, -0.15) is 0 Å². The minimum atomic E-state index is 0.611. The van der Waals surface area contributed by atoms with Gasteiger partial charge in [-0.05, 0) is 25.7 Å². The van der Waals surface area contributed by atoms with Gasteiger partial charge in [0.25, 0.3) is 0 Å². The molecule has 0 spiro atoms. The Balaban J connectivity index is 1.84. The topological polar surface area (TPSA) is 47.0 Å². The molecule has 1 unspecified atom stereocenters. The molecule has 2 rings (SSSR count). The van der Waals surface area contributed by atoms with E-state index in [0.29, 0.717) is 5.92 Å². The van der Waals surface area contributed by atoms with E-state index < -0.39 is 0 Å². The molecule has 82 valence electrons. The van der Waals surface area contributed by atoms with Crippen LogP contribution in [0.2, 0.25) is 0 Å². The third kappa shape index (κ3) is 2.89. The summed E-state index contributed by atoms with van der Waals surface area (Å²) in [7, 11) is 0. The number of hydrogen-bond donors (Lipinski definition) is 1. The van der Waals surface area contributed by atoms with E-state index in [1.807, 2.05) is 6.92 Å². The predicted octanol–water partition coefficient (Wildman–Crippen LogP) is 1.62. The molecule has 2 heterocycles. The molecule has 15 heavy (non-hydrogen) atoms. The van der Waals surface area contributed by atoms with Crippen molar-refractivity contribution in [3.05, 3.63) is 18.1 Å². The average molecular weight is 207 g/mol. The van der Waals surface area contributed by atoms with Crippen LogP contribution < -0.4 is 5.32 Å². The van der Waals surface area contributed by atoms with E-state index >= 15 is 0 Å². The van der Waals surface area contributed by atoms with Crippen molar-refractivity contribution in [2.75, 3.05) is 25.1 Å². The number of aromatic nitrogens is 2. The Morgan fingerprint density at radius 1 is 1.47 bits per heavy atom. The molecule has 1 aromatic heterocycles. The Labute approximate surface area is 90.1 Å². The van der Waals surface area contributed by atoms with Gasteiger partial charge in [0.05, 0.1) is 12.3 Å². The molecule has 0 aliphatic carbocycles. The van der Waals surface area contributed by atoms with Crippen LogP contribution in [0.3, 0.4) is 0 Å². The highest BCUT2D eigenvalue weighted by Gasteiger charge is 2.13. The van der Waals surface area contributed by atoms with Crippen LogP contribution >= 0.6 is 0 Å². The molecule has 0 saturated carbocycles. The van der Waals surface area contributed by atoms with Crippen LogP contribution in [0.4, 0.5) is 5.82 Å². The first-order chi connectivity index (χ1) is 7.36. The van der Waals surface area contributed by atoms with E-state index in [9.17, 15) is 0 Å². The molecular weight excluding hydrogens is 190 g/mol. The van der Waals surface area contributed by atoms with Crippen LogP contribution in [-0.2, 0) is 4.74 Å². The first-order valence-electron chi connectivity index (χ1n) is 5.45. The molecule has 0 bridgehead atoms. The van der Waals surface area contributed by atoms with Gasteiger partial charge >= 0.3 is 0 Å². The summed E-state index contributed by atoms with van der Waals surface area (Å²) in [6.45, 7) is 4.68. The molecule has 4 nitrogen and oxygen atoms in total. The van der Waals surface area contributed by atoms with Crippen molar-refractivity contribution >= 4 is 5.82 Å². The van der Waals surface area contributed by atoms with Crippen molar-refractivity contribution in [3.8, 4) is 0 Å². The largest absolute Gasteiger partial charge is 0.381 e. The normalized spacial score (nSPS) is 21.3. The summed E-state index contributed by atoms with van der Waals surface area (Å²) >= 11 is 0. The lowest BCUT2D eigenvalue weighted by Gasteiger charge is -2.22. The number of nitrogens with zero attached hydrogens (tertiary/aromatic N) is 2. The van der Waals surface area contributed by atoms with E-state index in [-0.39, 0.29) is 0 Å². The van der Waals surface area contributed by atoms with Crippen molar-refractivity contribution in [2.24, 2.45) is 5.92 Å². The van der Waals surface area contributed by atoms with Crippen LogP contribution in [0, 0.1) is 12.8 Å². The zero-order chi connectivity index (χ0) is 10.5. The van der Waals surface area contributed by atoms with Gasteiger partial charge < -0.3 is 10.1 Å². The van der Waals surface area contributed by atoms with E-state index in [2.05, 4.69) is 15.3 Å². The number of nitrogens with one attached hydrogen (secondary N) is 1. The van der Waals surface area contributed by atoms with Gasteiger partial charge in [0.2, 0.25) is 0 Å². The van der Waals surface area contributed by atoms with Crippen LogP contribution in [0.5, 0.6) is 0 Å². The third-order valence-electron chi connectivity index (χ3n) is 2.69. The second-order valence-electron chi connectivity index (χ2n) is 3.95. The summed E-state index contributed by atoms with van der Waals surface area (Å²) < 4.78 is 5.42. The molecule has 1 aliphatic rings. The Bertz CT molecular complexity index is 310. The Hall–Kier alpha value is -1.16. The first-order valence-corrected chi connectivity index (χ1v) is 5.45. The van der Waals surface area contributed by atoms with E-state index in [1.54, 1.807) is 12.4 Å². The number of rotatable bonds is 3. The van der Waals surface area contributed by atoms with Crippen LogP contribution in [0.1, 0.15) is 18.5 Å². The van der Waals surface area contributed by atoms with Crippen molar-refractivity contribution in [3.63, 3.8) is 0 Å². The molecule has 1 N–H and O–H groups in total. The molecule has 1 atom stereocenters. The number of ether oxygens (including phenoxy) is 1. The summed E-state index contributed by atoms with van der Waals surface area (Å²) in [5, 5.41) is 3.33. The minimum absolute atomic E-state index is 0.611. The fraction of sp³-hybridized carbons (Fsp3) is 0.636. The molecule has 4 heteroatoms. The second-order valence-corrected chi connectivity index (χ2v) is 3.95. The Morgan fingerprint density at radius 2 is 2.33 bits per heavy atom. The number of aryl methyl sites for hydroxylation is 1. The summed E-state index contributed by atoms with van der Waals surface area (Å²) in [5.41, 5.74) is 0.953. The van der Waals surface area contributed by atoms with Gasteiger partial charge in [-0.15, -0.1) is 0 Å². The average Bonchev–Trinajstić information content (AvgIpc) is 2.29. The maximum Gasteiger partial charge on any atom is 0.147 e. The SMILES string of the molecule is Cc1nccnc1NCC1CCCOC1. The van der Waals surface area contributed by atoms with Gasteiger partial charge in [-0.25, -0.2) is 4.98 Å². The summed E-state index contributed by atoms with van der Waals surface area (Å²) in [6.07, 6.45) is 5.84. The van der Waals surface area contributed by atoms with Crippen molar-refractivity contribution in [1.29, 1.82) is 0 Å². The maximum absolute atomic E-state index is 5.42. The summed E-state index contributed by atoms with van der Waals surface area (Å²) in [6, 6.07) is 0. The smallest absolute Gasteiger partial charge is 0.147 e. The van der Waals surface area contributed by atoms with Gasteiger partial charge in [0.1, 0.15) is 5.82 Å². The molecule has 1 aromatic rings. The molecule has 1 aliphatic heterocycles. The summed E-state index contributed by atoms with van der Waals surface area (Å²) in [5.74, 6) is 1.50. The second kappa shape index (κ2) is 5.07. The van der Waals surface area contributed by atoms with Gasteiger partial charge in [0, 0.05) is 25.5 Å². The van der Waals surface area contributed by atoms with Crippen molar-refractivity contribution < 1.29 is 4.74 Å². The third-order valence-corrected chi connectivity index (χ3v) is 2.69. The fourth-order valence-electron chi connectivity index (χ4n) is 1.79.